The first kappa shape index (κ1) is 13.4. The van der Waals surface area contributed by atoms with E-state index in [4.69, 9.17) is 16.3 Å². The number of aromatic nitrogens is 2. The second-order valence-corrected chi connectivity index (χ2v) is 4.64. The van der Waals surface area contributed by atoms with Crippen molar-refractivity contribution in [2.24, 2.45) is 0 Å². The van der Waals surface area contributed by atoms with Gasteiger partial charge >= 0.3 is 0 Å². The average molecular weight is 267 g/mol. The van der Waals surface area contributed by atoms with E-state index < -0.39 is 0 Å². The number of nitrogens with zero attached hydrogens (tertiary/aromatic N) is 2. The van der Waals surface area contributed by atoms with Crippen molar-refractivity contribution in [3.8, 4) is 0 Å². The van der Waals surface area contributed by atoms with Crippen molar-refractivity contribution < 1.29 is 4.74 Å². The Kier molecular flexibility index (Phi) is 4.61. The zero-order valence-electron chi connectivity index (χ0n) is 10.9. The first-order valence-electron chi connectivity index (χ1n) is 6.36. The summed E-state index contributed by atoms with van der Waals surface area (Å²) >= 11 is 5.85. The van der Waals surface area contributed by atoms with Gasteiger partial charge in [-0.25, -0.2) is 4.98 Å². The normalized spacial score (nSPS) is 11.3. The van der Waals surface area contributed by atoms with Gasteiger partial charge in [-0.3, -0.25) is 0 Å². The number of ether oxygens (including phenoxy) is 1. The molecule has 1 aromatic carbocycles. The molecular formula is C14H19ClN2O. The van der Waals surface area contributed by atoms with Crippen molar-refractivity contribution in [1.82, 2.24) is 9.55 Å². The van der Waals surface area contributed by atoms with Gasteiger partial charge in [0.25, 0.3) is 0 Å². The topological polar surface area (TPSA) is 27.1 Å². The molecule has 0 atom stereocenters. The summed E-state index contributed by atoms with van der Waals surface area (Å²) in [7, 11) is 0. The molecule has 1 aromatic heterocycles. The molecule has 0 radical (unpaired) electrons. The summed E-state index contributed by atoms with van der Waals surface area (Å²) in [5.74, 6) is 1.64. The molecule has 3 nitrogen and oxygen atoms in total. The Morgan fingerprint density at radius 2 is 2.22 bits per heavy atom. The third-order valence-electron chi connectivity index (χ3n) is 3.03. The van der Waals surface area contributed by atoms with E-state index in [0.29, 0.717) is 12.5 Å². The molecule has 0 aliphatic rings. The fourth-order valence-corrected chi connectivity index (χ4v) is 2.40. The van der Waals surface area contributed by atoms with Crippen molar-refractivity contribution in [1.29, 1.82) is 0 Å². The lowest BCUT2D eigenvalue weighted by Gasteiger charge is -2.09. The highest BCUT2D eigenvalue weighted by atomic mass is 35.5. The van der Waals surface area contributed by atoms with Crippen LogP contribution in [0.5, 0.6) is 0 Å². The highest BCUT2D eigenvalue weighted by Gasteiger charge is 2.11. The maximum Gasteiger partial charge on any atom is 0.111 e. The van der Waals surface area contributed by atoms with Crippen molar-refractivity contribution in [3.63, 3.8) is 0 Å². The smallest absolute Gasteiger partial charge is 0.111 e. The van der Waals surface area contributed by atoms with Gasteiger partial charge in [-0.05, 0) is 25.5 Å². The molecule has 0 fully saturated rings. The molecule has 0 saturated heterocycles. The molecule has 0 spiro atoms. The predicted octanol–water partition coefficient (Wildman–Crippen LogP) is 3.16. The maximum atomic E-state index is 5.85. The van der Waals surface area contributed by atoms with E-state index in [-0.39, 0.29) is 0 Å². The van der Waals surface area contributed by atoms with Crippen LogP contribution in [-0.4, -0.2) is 28.6 Å². The quantitative estimate of drug-likeness (QED) is 0.593. The summed E-state index contributed by atoms with van der Waals surface area (Å²) in [6.45, 7) is 6.42. The summed E-state index contributed by atoms with van der Waals surface area (Å²) in [6.07, 6.45) is 0.793. The van der Waals surface area contributed by atoms with Gasteiger partial charge in [0.15, 0.2) is 0 Å². The Labute approximate surface area is 113 Å². The summed E-state index contributed by atoms with van der Waals surface area (Å²) in [5, 5.41) is 0. The molecule has 0 aliphatic heterocycles. The minimum atomic E-state index is 0.594. The number of hydrogen-bond donors (Lipinski definition) is 0. The Bertz CT molecular complexity index is 522. The molecular weight excluding hydrogens is 248 g/mol. The van der Waals surface area contributed by atoms with E-state index >= 15 is 0 Å². The van der Waals surface area contributed by atoms with Gasteiger partial charge in [0, 0.05) is 25.5 Å². The van der Waals surface area contributed by atoms with E-state index in [1.165, 1.54) is 11.1 Å². The number of fused-ring (bicyclic) bond motifs is 1. The number of rotatable bonds is 6. The van der Waals surface area contributed by atoms with Crippen LogP contribution in [-0.2, 0) is 17.7 Å². The molecule has 98 valence electrons. The Balaban J connectivity index is 2.40. The summed E-state index contributed by atoms with van der Waals surface area (Å²) in [5.41, 5.74) is 3.50. The van der Waals surface area contributed by atoms with Crippen molar-refractivity contribution in [2.75, 3.05) is 19.1 Å². The van der Waals surface area contributed by atoms with E-state index in [0.717, 1.165) is 30.9 Å². The zero-order chi connectivity index (χ0) is 13.0. The number of hydrogen-bond acceptors (Lipinski definition) is 2. The molecule has 0 bridgehead atoms. The van der Waals surface area contributed by atoms with Crippen LogP contribution in [0.25, 0.3) is 11.0 Å². The van der Waals surface area contributed by atoms with E-state index in [9.17, 15) is 0 Å². The molecule has 0 unspecified atom stereocenters. The molecule has 0 N–H and O–H groups in total. The highest BCUT2D eigenvalue weighted by molar-refractivity contribution is 6.17. The fraction of sp³-hybridized carbons (Fsp3) is 0.500. The predicted molar refractivity (Wildman–Crippen MR) is 75.4 cm³/mol. The first-order chi connectivity index (χ1) is 8.77. The fourth-order valence-electron chi connectivity index (χ4n) is 2.23. The highest BCUT2D eigenvalue weighted by Crippen LogP contribution is 2.20. The van der Waals surface area contributed by atoms with Gasteiger partial charge in [0.1, 0.15) is 5.82 Å². The van der Waals surface area contributed by atoms with E-state index in [1.807, 2.05) is 13.0 Å². The van der Waals surface area contributed by atoms with Crippen molar-refractivity contribution >= 4 is 22.6 Å². The summed E-state index contributed by atoms with van der Waals surface area (Å²) in [4.78, 5) is 4.66. The largest absolute Gasteiger partial charge is 0.380 e. The lowest BCUT2D eigenvalue weighted by Crippen LogP contribution is -2.10. The first-order valence-corrected chi connectivity index (χ1v) is 6.89. The zero-order valence-corrected chi connectivity index (χ0v) is 11.7. The standard InChI is InChI=1S/C14H19ClN2O/c1-3-18-10-9-17-13(7-8-15)16-12-6-4-5-11(2)14(12)17/h4-6H,3,7-10H2,1-2H3. The second kappa shape index (κ2) is 6.21. The monoisotopic (exact) mass is 266 g/mol. The number of imidazole rings is 1. The average Bonchev–Trinajstić information content (AvgIpc) is 2.70. The van der Waals surface area contributed by atoms with E-state index in [1.54, 1.807) is 0 Å². The van der Waals surface area contributed by atoms with Crippen LogP contribution in [0, 0.1) is 6.92 Å². The van der Waals surface area contributed by atoms with Crippen molar-refractivity contribution in [2.45, 2.75) is 26.8 Å². The SMILES string of the molecule is CCOCCn1c(CCCl)nc2cccc(C)c21. The number of para-hydroxylation sites is 1. The van der Waals surface area contributed by atoms with Gasteiger partial charge in [-0.15, -0.1) is 11.6 Å². The molecule has 18 heavy (non-hydrogen) atoms. The molecule has 4 heteroatoms. The molecule has 2 aromatic rings. The number of benzene rings is 1. The third-order valence-corrected chi connectivity index (χ3v) is 3.22. The van der Waals surface area contributed by atoms with Gasteiger partial charge in [-0.2, -0.15) is 0 Å². The molecule has 0 saturated carbocycles. The van der Waals surface area contributed by atoms with Crippen LogP contribution in [0.15, 0.2) is 18.2 Å². The van der Waals surface area contributed by atoms with Crippen LogP contribution in [0.3, 0.4) is 0 Å². The number of alkyl halides is 1. The van der Waals surface area contributed by atoms with Crippen LogP contribution < -0.4 is 0 Å². The second-order valence-electron chi connectivity index (χ2n) is 4.26. The summed E-state index contributed by atoms with van der Waals surface area (Å²) < 4.78 is 7.69. The van der Waals surface area contributed by atoms with Gasteiger partial charge in [0.2, 0.25) is 0 Å². The van der Waals surface area contributed by atoms with E-state index in [2.05, 4.69) is 28.6 Å². The molecule has 0 aliphatic carbocycles. The third kappa shape index (κ3) is 2.68. The van der Waals surface area contributed by atoms with Gasteiger partial charge in [0.05, 0.1) is 17.6 Å². The lowest BCUT2D eigenvalue weighted by molar-refractivity contribution is 0.139. The molecule has 0 amide bonds. The Morgan fingerprint density at radius 1 is 1.39 bits per heavy atom. The number of aryl methyl sites for hydroxylation is 2. The van der Waals surface area contributed by atoms with Gasteiger partial charge < -0.3 is 9.30 Å². The van der Waals surface area contributed by atoms with Crippen LogP contribution in [0.2, 0.25) is 0 Å². The lowest BCUT2D eigenvalue weighted by atomic mass is 10.2. The van der Waals surface area contributed by atoms with Crippen LogP contribution in [0.1, 0.15) is 18.3 Å². The summed E-state index contributed by atoms with van der Waals surface area (Å²) in [6, 6.07) is 6.21. The van der Waals surface area contributed by atoms with Gasteiger partial charge in [-0.1, -0.05) is 12.1 Å². The minimum Gasteiger partial charge on any atom is -0.380 e. The molecule has 2 rings (SSSR count). The van der Waals surface area contributed by atoms with Crippen LogP contribution in [0.4, 0.5) is 0 Å². The van der Waals surface area contributed by atoms with Crippen molar-refractivity contribution in [3.05, 3.63) is 29.6 Å². The number of halogens is 1. The maximum absolute atomic E-state index is 5.85. The van der Waals surface area contributed by atoms with Crippen LogP contribution >= 0.6 is 11.6 Å². The molecule has 1 heterocycles. The Hall–Kier alpha value is -1.06. The Morgan fingerprint density at radius 3 is 2.94 bits per heavy atom. The minimum absolute atomic E-state index is 0.594.